The van der Waals surface area contributed by atoms with Crippen molar-refractivity contribution in [3.05, 3.63) is 73.3 Å². The molecule has 0 aliphatic carbocycles. The van der Waals surface area contributed by atoms with Crippen molar-refractivity contribution >= 4 is 18.7 Å². The van der Waals surface area contributed by atoms with E-state index < -0.39 is 8.32 Å². The molecule has 0 radical (unpaired) electrons. The molecule has 2 rings (SSSR count). The standard InChI is InChI=1S/C25H36O2Si/c1-6-22(26-5)16-10-9-15-21-27-28(25(2,3)4,23-17-11-7-12-18-23)24-19-13-8-14-20-24/h6-8,11-14,17-20,22H,1,9-10,15-16,21H2,2-5H3/t22-/m1/s1. The molecule has 0 spiro atoms. The molecule has 0 fully saturated rings. The summed E-state index contributed by atoms with van der Waals surface area (Å²) in [4.78, 5) is 0. The molecule has 2 aromatic carbocycles. The predicted molar refractivity (Wildman–Crippen MR) is 123 cm³/mol. The van der Waals surface area contributed by atoms with E-state index in [2.05, 4.69) is 88.0 Å². The molecule has 3 heteroatoms. The molecule has 0 aliphatic rings. The van der Waals surface area contributed by atoms with Crippen LogP contribution in [0.1, 0.15) is 46.5 Å². The van der Waals surface area contributed by atoms with Gasteiger partial charge in [0.05, 0.1) is 6.10 Å². The summed E-state index contributed by atoms with van der Waals surface area (Å²) < 4.78 is 12.3. The third kappa shape index (κ3) is 5.44. The normalized spacial score (nSPS) is 13.3. The Morgan fingerprint density at radius 2 is 1.43 bits per heavy atom. The number of rotatable bonds is 11. The van der Waals surface area contributed by atoms with E-state index in [9.17, 15) is 0 Å². The van der Waals surface area contributed by atoms with Crippen LogP contribution in [0.2, 0.25) is 5.04 Å². The molecule has 0 bridgehead atoms. The third-order valence-electron chi connectivity index (χ3n) is 5.43. The first-order chi connectivity index (χ1) is 13.5. The van der Waals surface area contributed by atoms with Crippen LogP contribution < -0.4 is 10.4 Å². The summed E-state index contributed by atoms with van der Waals surface area (Å²) in [6.45, 7) is 11.6. The molecule has 152 valence electrons. The molecule has 0 amide bonds. The Bertz CT molecular complexity index is 652. The first kappa shape index (κ1) is 22.6. The first-order valence-corrected chi connectivity index (χ1v) is 12.3. The molecule has 28 heavy (non-hydrogen) atoms. The van der Waals surface area contributed by atoms with Crippen molar-refractivity contribution in [2.75, 3.05) is 13.7 Å². The third-order valence-corrected chi connectivity index (χ3v) is 10.5. The maximum absolute atomic E-state index is 6.91. The fourth-order valence-corrected chi connectivity index (χ4v) is 8.55. The Labute approximate surface area is 172 Å². The Kier molecular flexibility index (Phi) is 8.68. The van der Waals surface area contributed by atoms with Crippen molar-refractivity contribution in [3.8, 4) is 0 Å². The van der Waals surface area contributed by atoms with Crippen molar-refractivity contribution in [2.24, 2.45) is 0 Å². The van der Waals surface area contributed by atoms with Gasteiger partial charge in [0, 0.05) is 13.7 Å². The lowest BCUT2D eigenvalue weighted by Gasteiger charge is -2.43. The minimum absolute atomic E-state index is 0.0414. The van der Waals surface area contributed by atoms with Crippen LogP contribution in [0.25, 0.3) is 0 Å². The summed E-state index contributed by atoms with van der Waals surface area (Å²) in [5.41, 5.74) is 0. The van der Waals surface area contributed by atoms with E-state index in [1.54, 1.807) is 7.11 Å². The van der Waals surface area contributed by atoms with Crippen molar-refractivity contribution in [2.45, 2.75) is 57.6 Å². The fourth-order valence-electron chi connectivity index (χ4n) is 3.94. The van der Waals surface area contributed by atoms with Crippen LogP contribution in [0.4, 0.5) is 0 Å². The summed E-state index contributed by atoms with van der Waals surface area (Å²) in [6.07, 6.45) is 6.43. The van der Waals surface area contributed by atoms with Gasteiger partial charge in [-0.3, -0.25) is 0 Å². The predicted octanol–water partition coefficient (Wildman–Crippen LogP) is 5.32. The highest BCUT2D eigenvalue weighted by molar-refractivity contribution is 6.99. The second-order valence-corrected chi connectivity index (χ2v) is 12.7. The van der Waals surface area contributed by atoms with Crippen LogP contribution in [-0.2, 0) is 9.16 Å². The number of hydrogen-bond acceptors (Lipinski definition) is 2. The quantitative estimate of drug-likeness (QED) is 0.290. The van der Waals surface area contributed by atoms with Gasteiger partial charge in [0.2, 0.25) is 0 Å². The van der Waals surface area contributed by atoms with Gasteiger partial charge >= 0.3 is 0 Å². The minimum atomic E-state index is -2.39. The number of unbranched alkanes of at least 4 members (excludes halogenated alkanes) is 2. The minimum Gasteiger partial charge on any atom is -0.407 e. The number of ether oxygens (including phenoxy) is 1. The van der Waals surface area contributed by atoms with E-state index in [4.69, 9.17) is 9.16 Å². The second kappa shape index (κ2) is 10.8. The molecule has 0 saturated heterocycles. The zero-order valence-electron chi connectivity index (χ0n) is 18.0. The maximum atomic E-state index is 6.91. The van der Waals surface area contributed by atoms with Crippen molar-refractivity contribution < 1.29 is 9.16 Å². The van der Waals surface area contributed by atoms with Gasteiger partial charge in [-0.1, -0.05) is 100 Å². The molecular formula is C25H36O2Si. The van der Waals surface area contributed by atoms with Crippen LogP contribution >= 0.6 is 0 Å². The zero-order chi connectivity index (χ0) is 20.5. The van der Waals surface area contributed by atoms with Gasteiger partial charge < -0.3 is 9.16 Å². The largest absolute Gasteiger partial charge is 0.407 e. The summed E-state index contributed by atoms with van der Waals surface area (Å²) >= 11 is 0. The highest BCUT2D eigenvalue weighted by atomic mass is 28.4. The zero-order valence-corrected chi connectivity index (χ0v) is 19.0. The second-order valence-electron chi connectivity index (χ2n) is 8.37. The van der Waals surface area contributed by atoms with Crippen molar-refractivity contribution in [3.63, 3.8) is 0 Å². The molecule has 0 unspecified atom stereocenters. The van der Waals surface area contributed by atoms with Gasteiger partial charge in [-0.05, 0) is 28.3 Å². The lowest BCUT2D eigenvalue weighted by molar-refractivity contribution is 0.130. The summed E-state index contributed by atoms with van der Waals surface area (Å²) in [6, 6.07) is 21.7. The van der Waals surface area contributed by atoms with Gasteiger partial charge in [0.25, 0.3) is 8.32 Å². The van der Waals surface area contributed by atoms with E-state index in [-0.39, 0.29) is 11.1 Å². The number of hydrogen-bond donors (Lipinski definition) is 0. The van der Waals surface area contributed by atoms with Gasteiger partial charge in [-0.15, -0.1) is 6.58 Å². The van der Waals surface area contributed by atoms with Gasteiger partial charge in [0.1, 0.15) is 0 Å². The Morgan fingerprint density at radius 3 is 1.86 bits per heavy atom. The summed E-state index contributed by atoms with van der Waals surface area (Å²) in [5.74, 6) is 0. The van der Waals surface area contributed by atoms with E-state index >= 15 is 0 Å². The first-order valence-electron chi connectivity index (χ1n) is 10.4. The lowest BCUT2D eigenvalue weighted by atomic mass is 10.1. The monoisotopic (exact) mass is 396 g/mol. The van der Waals surface area contributed by atoms with E-state index in [0.717, 1.165) is 32.3 Å². The smallest absolute Gasteiger partial charge is 0.261 e. The summed E-state index contributed by atoms with van der Waals surface area (Å²) in [7, 11) is -0.637. The van der Waals surface area contributed by atoms with Crippen LogP contribution in [-0.4, -0.2) is 28.1 Å². The molecule has 0 aromatic heterocycles. The lowest BCUT2D eigenvalue weighted by Crippen LogP contribution is -2.66. The van der Waals surface area contributed by atoms with Crippen LogP contribution in [0.15, 0.2) is 73.3 Å². The molecule has 2 aromatic rings. The molecule has 0 saturated carbocycles. The van der Waals surface area contributed by atoms with Gasteiger partial charge in [-0.25, -0.2) is 0 Å². The topological polar surface area (TPSA) is 18.5 Å². The molecule has 2 nitrogen and oxygen atoms in total. The van der Waals surface area contributed by atoms with Crippen LogP contribution in [0, 0.1) is 0 Å². The number of benzene rings is 2. The van der Waals surface area contributed by atoms with Crippen molar-refractivity contribution in [1.29, 1.82) is 0 Å². The Hall–Kier alpha value is -1.68. The van der Waals surface area contributed by atoms with E-state index in [1.807, 2.05) is 6.08 Å². The summed E-state index contributed by atoms with van der Waals surface area (Å²) in [5, 5.41) is 2.74. The van der Waals surface area contributed by atoms with Crippen LogP contribution in [0.5, 0.6) is 0 Å². The highest BCUT2D eigenvalue weighted by Gasteiger charge is 2.49. The molecule has 1 atom stereocenters. The molecule has 0 N–H and O–H groups in total. The average Bonchev–Trinajstić information content (AvgIpc) is 2.71. The average molecular weight is 397 g/mol. The maximum Gasteiger partial charge on any atom is 0.261 e. The molecule has 0 aliphatic heterocycles. The fraction of sp³-hybridized carbons (Fsp3) is 0.440. The number of methoxy groups -OCH3 is 1. The van der Waals surface area contributed by atoms with Crippen molar-refractivity contribution in [1.82, 2.24) is 0 Å². The molecular weight excluding hydrogens is 360 g/mol. The molecule has 0 heterocycles. The Morgan fingerprint density at radius 1 is 0.893 bits per heavy atom. The van der Waals surface area contributed by atoms with E-state index in [0.29, 0.717) is 0 Å². The SMILES string of the molecule is C=C[C@H](CCCCCO[Si](c1ccccc1)(c1ccccc1)C(C)(C)C)OC. The van der Waals surface area contributed by atoms with Crippen LogP contribution in [0.3, 0.4) is 0 Å². The van der Waals surface area contributed by atoms with E-state index in [1.165, 1.54) is 10.4 Å². The van der Waals surface area contributed by atoms with Gasteiger partial charge in [0.15, 0.2) is 0 Å². The highest BCUT2D eigenvalue weighted by Crippen LogP contribution is 2.36. The Balaban J connectivity index is 2.17. The van der Waals surface area contributed by atoms with Gasteiger partial charge in [-0.2, -0.15) is 0 Å².